The van der Waals surface area contributed by atoms with Crippen LogP contribution in [0.25, 0.3) is 11.1 Å². The number of hydrogen-bond donors (Lipinski definition) is 1. The molecule has 0 aliphatic heterocycles. The molecule has 0 spiro atoms. The lowest BCUT2D eigenvalue weighted by molar-refractivity contribution is -0.116. The quantitative estimate of drug-likeness (QED) is 0.447. The smallest absolute Gasteiger partial charge is 0.224 e. The number of amides is 1. The summed E-state index contributed by atoms with van der Waals surface area (Å²) in [4.78, 5) is 16.8. The van der Waals surface area contributed by atoms with Crippen LogP contribution in [-0.2, 0) is 11.2 Å². The van der Waals surface area contributed by atoms with E-state index in [0.717, 1.165) is 5.52 Å². The number of ether oxygens (including phenoxy) is 1. The molecule has 3 aromatic carbocycles. The van der Waals surface area contributed by atoms with E-state index < -0.39 is 0 Å². The van der Waals surface area contributed by atoms with Gasteiger partial charge in [-0.2, -0.15) is 0 Å². The highest BCUT2D eigenvalue weighted by molar-refractivity contribution is 6.31. The third-order valence-electron chi connectivity index (χ3n) is 4.09. The van der Waals surface area contributed by atoms with Gasteiger partial charge >= 0.3 is 0 Å². The molecule has 0 atom stereocenters. The predicted octanol–water partition coefficient (Wildman–Crippen LogP) is 5.84. The number of nitrogens with one attached hydrogen (secondary N) is 1. The average Bonchev–Trinajstić information content (AvgIpc) is 3.12. The number of rotatable bonds is 6. The molecule has 0 unspecified atom stereocenters. The lowest BCUT2D eigenvalue weighted by Gasteiger charge is -2.12. The van der Waals surface area contributed by atoms with Gasteiger partial charge in [0.15, 0.2) is 17.2 Å². The molecule has 0 fully saturated rings. The molecule has 0 radical (unpaired) electrons. The van der Waals surface area contributed by atoms with Gasteiger partial charge in [-0.1, -0.05) is 41.9 Å². The second kappa shape index (κ2) is 8.15. The number of aryl methyl sites for hydroxylation is 1. The number of fused-ring (bicyclic) bond motifs is 1. The van der Waals surface area contributed by atoms with E-state index in [-0.39, 0.29) is 12.3 Å². The minimum Gasteiger partial charge on any atom is -0.455 e. The van der Waals surface area contributed by atoms with Gasteiger partial charge in [0.05, 0.1) is 5.69 Å². The van der Waals surface area contributed by atoms with Crippen LogP contribution in [-0.4, -0.2) is 10.9 Å². The van der Waals surface area contributed by atoms with E-state index in [0.29, 0.717) is 40.1 Å². The number of carbonyl (C=O) groups excluding carboxylic acids is 1. The van der Waals surface area contributed by atoms with E-state index in [1.54, 1.807) is 18.2 Å². The molecule has 1 amide bonds. The third-order valence-corrected chi connectivity index (χ3v) is 4.33. The zero-order valence-corrected chi connectivity index (χ0v) is 15.6. The maximum Gasteiger partial charge on any atom is 0.224 e. The van der Waals surface area contributed by atoms with Crippen molar-refractivity contribution in [2.75, 3.05) is 5.32 Å². The molecule has 6 heteroatoms. The van der Waals surface area contributed by atoms with Crippen LogP contribution in [0.4, 0.5) is 5.69 Å². The minimum absolute atomic E-state index is 0.178. The van der Waals surface area contributed by atoms with Gasteiger partial charge in [-0.15, -0.1) is 0 Å². The number of anilines is 1. The van der Waals surface area contributed by atoms with E-state index in [1.165, 1.54) is 0 Å². The molecule has 0 aliphatic rings. The number of nitrogens with zero attached hydrogens (tertiary/aromatic N) is 1. The fourth-order valence-electron chi connectivity index (χ4n) is 2.76. The summed E-state index contributed by atoms with van der Waals surface area (Å²) in [5.74, 6) is 1.54. The maximum atomic E-state index is 12.4. The first-order valence-corrected chi connectivity index (χ1v) is 9.22. The Morgan fingerprint density at radius 1 is 1.04 bits per heavy atom. The highest BCUT2D eigenvalue weighted by atomic mass is 35.5. The Morgan fingerprint density at radius 3 is 2.64 bits per heavy atom. The summed E-state index contributed by atoms with van der Waals surface area (Å²) in [6.07, 6.45) is 0.625. The Labute approximate surface area is 166 Å². The topological polar surface area (TPSA) is 64.4 Å². The van der Waals surface area contributed by atoms with Crippen molar-refractivity contribution in [1.82, 2.24) is 4.98 Å². The van der Waals surface area contributed by atoms with E-state index >= 15 is 0 Å². The Morgan fingerprint density at radius 2 is 1.82 bits per heavy atom. The van der Waals surface area contributed by atoms with Crippen LogP contribution in [0.5, 0.6) is 11.5 Å². The van der Waals surface area contributed by atoms with Crippen molar-refractivity contribution in [2.45, 2.75) is 12.8 Å². The lowest BCUT2D eigenvalue weighted by Crippen LogP contribution is -2.13. The summed E-state index contributed by atoms with van der Waals surface area (Å²) in [6, 6.07) is 22.0. The number of para-hydroxylation sites is 3. The summed E-state index contributed by atoms with van der Waals surface area (Å²) in [7, 11) is 0. The van der Waals surface area contributed by atoms with Crippen molar-refractivity contribution in [3.8, 4) is 11.5 Å². The van der Waals surface area contributed by atoms with Crippen molar-refractivity contribution in [3.05, 3.63) is 83.7 Å². The van der Waals surface area contributed by atoms with Crippen LogP contribution in [0.1, 0.15) is 12.3 Å². The molecular formula is C22H17ClN2O3. The van der Waals surface area contributed by atoms with E-state index in [2.05, 4.69) is 10.3 Å². The van der Waals surface area contributed by atoms with Crippen molar-refractivity contribution in [3.63, 3.8) is 0 Å². The number of aromatic nitrogens is 1. The van der Waals surface area contributed by atoms with E-state index in [9.17, 15) is 4.79 Å². The molecule has 0 saturated heterocycles. The molecular weight excluding hydrogens is 376 g/mol. The van der Waals surface area contributed by atoms with Crippen LogP contribution in [0.2, 0.25) is 5.02 Å². The number of halogens is 1. The van der Waals surface area contributed by atoms with Gasteiger partial charge in [-0.3, -0.25) is 4.79 Å². The Bertz CT molecular complexity index is 1080. The standard InChI is InChI=1S/C22H17ClN2O3/c23-15-10-11-20(27-16-6-2-1-3-7-16)18(14-15)24-21(26)12-13-22-25-17-8-4-5-9-19(17)28-22/h1-11,14H,12-13H2,(H,24,26). The second-order valence-electron chi connectivity index (χ2n) is 6.18. The zero-order chi connectivity index (χ0) is 19.3. The number of oxazole rings is 1. The van der Waals surface area contributed by atoms with Crippen molar-refractivity contribution < 1.29 is 13.9 Å². The number of hydrogen-bond acceptors (Lipinski definition) is 4. The number of benzene rings is 3. The Hall–Kier alpha value is -3.31. The highest BCUT2D eigenvalue weighted by Gasteiger charge is 2.12. The van der Waals surface area contributed by atoms with E-state index in [1.807, 2.05) is 54.6 Å². The first-order chi connectivity index (χ1) is 13.7. The second-order valence-corrected chi connectivity index (χ2v) is 6.62. The molecule has 140 valence electrons. The molecule has 0 saturated carbocycles. The van der Waals surface area contributed by atoms with Crippen molar-refractivity contribution in [1.29, 1.82) is 0 Å². The summed E-state index contributed by atoms with van der Waals surface area (Å²) in [6.45, 7) is 0. The summed E-state index contributed by atoms with van der Waals surface area (Å²) < 4.78 is 11.5. The Balaban J connectivity index is 1.44. The van der Waals surface area contributed by atoms with Crippen LogP contribution in [0, 0.1) is 0 Å². The summed E-state index contributed by atoms with van der Waals surface area (Å²) in [5.41, 5.74) is 2.01. The molecule has 4 aromatic rings. The normalized spacial score (nSPS) is 10.8. The minimum atomic E-state index is -0.178. The van der Waals surface area contributed by atoms with Crippen LogP contribution in [0.3, 0.4) is 0 Å². The number of carbonyl (C=O) groups is 1. The molecule has 4 rings (SSSR count). The third kappa shape index (κ3) is 4.32. The molecule has 0 bridgehead atoms. The molecule has 1 aromatic heterocycles. The lowest BCUT2D eigenvalue weighted by atomic mass is 10.2. The summed E-state index contributed by atoms with van der Waals surface area (Å²) in [5, 5.41) is 3.37. The first kappa shape index (κ1) is 18.1. The van der Waals surface area contributed by atoms with Gasteiger partial charge in [-0.25, -0.2) is 4.98 Å². The molecule has 28 heavy (non-hydrogen) atoms. The van der Waals surface area contributed by atoms with E-state index in [4.69, 9.17) is 20.8 Å². The van der Waals surface area contributed by atoms with Crippen LogP contribution < -0.4 is 10.1 Å². The largest absolute Gasteiger partial charge is 0.455 e. The van der Waals surface area contributed by atoms with Crippen LogP contribution >= 0.6 is 11.6 Å². The van der Waals surface area contributed by atoms with Gasteiger partial charge in [0, 0.05) is 17.9 Å². The average molecular weight is 393 g/mol. The fraction of sp³-hybridized carbons (Fsp3) is 0.0909. The molecule has 1 N–H and O–H groups in total. The van der Waals surface area contributed by atoms with Crippen LogP contribution in [0.15, 0.2) is 77.2 Å². The Kier molecular flexibility index (Phi) is 5.26. The maximum absolute atomic E-state index is 12.4. The fourth-order valence-corrected chi connectivity index (χ4v) is 2.94. The van der Waals surface area contributed by atoms with Gasteiger partial charge in [-0.05, 0) is 42.5 Å². The van der Waals surface area contributed by atoms with Gasteiger partial charge < -0.3 is 14.5 Å². The van der Waals surface area contributed by atoms with Crippen molar-refractivity contribution >= 4 is 34.3 Å². The molecule has 5 nitrogen and oxygen atoms in total. The summed E-state index contributed by atoms with van der Waals surface area (Å²) >= 11 is 6.09. The van der Waals surface area contributed by atoms with Gasteiger partial charge in [0.2, 0.25) is 5.91 Å². The predicted molar refractivity (Wildman–Crippen MR) is 109 cm³/mol. The first-order valence-electron chi connectivity index (χ1n) is 8.84. The highest BCUT2D eigenvalue weighted by Crippen LogP contribution is 2.32. The van der Waals surface area contributed by atoms with Crippen molar-refractivity contribution in [2.24, 2.45) is 0 Å². The molecule has 0 aliphatic carbocycles. The molecule has 1 heterocycles. The monoisotopic (exact) mass is 392 g/mol. The SMILES string of the molecule is O=C(CCc1nc2ccccc2o1)Nc1cc(Cl)ccc1Oc1ccccc1. The van der Waals surface area contributed by atoms with Gasteiger partial charge in [0.25, 0.3) is 0 Å². The van der Waals surface area contributed by atoms with Gasteiger partial charge in [0.1, 0.15) is 11.3 Å². The zero-order valence-electron chi connectivity index (χ0n) is 14.9.